The second-order valence-electron chi connectivity index (χ2n) is 7.62. The van der Waals surface area contributed by atoms with Crippen molar-refractivity contribution in [2.45, 2.75) is 26.2 Å². The fourth-order valence-electron chi connectivity index (χ4n) is 3.89. The number of hydrogen-bond acceptors (Lipinski definition) is 4. The quantitative estimate of drug-likeness (QED) is 0.748. The smallest absolute Gasteiger partial charge is 0.228 e. The Hall–Kier alpha value is -2.41. The summed E-state index contributed by atoms with van der Waals surface area (Å²) in [6.07, 6.45) is 1.57. The van der Waals surface area contributed by atoms with E-state index in [1.807, 2.05) is 36.1 Å². The van der Waals surface area contributed by atoms with Crippen LogP contribution in [0.25, 0.3) is 0 Å². The van der Waals surface area contributed by atoms with Gasteiger partial charge >= 0.3 is 0 Å². The summed E-state index contributed by atoms with van der Waals surface area (Å²) in [7, 11) is 1.60. The molecule has 1 atom stereocenters. The molecular weight excluding hydrogens is 358 g/mol. The van der Waals surface area contributed by atoms with E-state index < -0.39 is 0 Å². The van der Waals surface area contributed by atoms with Crippen LogP contribution in [0, 0.1) is 18.8 Å². The minimum absolute atomic E-state index is 0.00499. The number of nitrogens with zero attached hydrogens (tertiary/aromatic N) is 2. The molecule has 2 heterocycles. The van der Waals surface area contributed by atoms with E-state index in [0.29, 0.717) is 45.6 Å². The van der Waals surface area contributed by atoms with Crippen molar-refractivity contribution in [1.29, 1.82) is 0 Å². The maximum Gasteiger partial charge on any atom is 0.228 e. The number of hydrogen-bond donors (Lipinski definition) is 1. The topological polar surface area (TPSA) is 79.0 Å². The number of ether oxygens (including phenoxy) is 1. The van der Waals surface area contributed by atoms with Crippen molar-refractivity contribution < 1.29 is 19.1 Å². The summed E-state index contributed by atoms with van der Waals surface area (Å²) in [5.41, 5.74) is 1.98. The number of piperidine rings is 1. The molecular formula is C21H29N3O4. The molecule has 3 amide bonds. The van der Waals surface area contributed by atoms with Crippen molar-refractivity contribution in [2.75, 3.05) is 44.8 Å². The van der Waals surface area contributed by atoms with Crippen molar-refractivity contribution in [3.05, 3.63) is 29.8 Å². The Bertz CT molecular complexity index is 711. The van der Waals surface area contributed by atoms with Crippen LogP contribution in [0.15, 0.2) is 24.3 Å². The Morgan fingerprint density at radius 1 is 1.14 bits per heavy atom. The number of rotatable bonds is 6. The molecule has 0 radical (unpaired) electrons. The summed E-state index contributed by atoms with van der Waals surface area (Å²) in [6, 6.07) is 7.79. The zero-order valence-electron chi connectivity index (χ0n) is 16.6. The molecule has 2 fully saturated rings. The standard InChI is InChI=1S/C21H29N3O4/c1-15-3-5-18(6-4-15)24-14-17(13-19(24)25)21(27)23-10-7-16(8-11-23)20(26)22-9-12-28-2/h3-6,16-17H,7-14H2,1-2H3,(H,22,26)/t17-/m0/s1. The van der Waals surface area contributed by atoms with Crippen LogP contribution in [0.2, 0.25) is 0 Å². The van der Waals surface area contributed by atoms with Crippen LogP contribution in [0.3, 0.4) is 0 Å². The van der Waals surface area contributed by atoms with E-state index in [9.17, 15) is 14.4 Å². The average molecular weight is 387 g/mol. The predicted molar refractivity (Wildman–Crippen MR) is 106 cm³/mol. The lowest BCUT2D eigenvalue weighted by molar-refractivity contribution is -0.139. The zero-order valence-corrected chi connectivity index (χ0v) is 16.6. The molecule has 7 heteroatoms. The van der Waals surface area contributed by atoms with E-state index in [-0.39, 0.29) is 36.0 Å². The molecule has 28 heavy (non-hydrogen) atoms. The highest BCUT2D eigenvalue weighted by Gasteiger charge is 2.38. The largest absolute Gasteiger partial charge is 0.383 e. The average Bonchev–Trinajstić information content (AvgIpc) is 3.10. The van der Waals surface area contributed by atoms with Gasteiger partial charge in [0.25, 0.3) is 0 Å². The Balaban J connectivity index is 1.51. The van der Waals surface area contributed by atoms with Gasteiger partial charge in [-0.15, -0.1) is 0 Å². The van der Waals surface area contributed by atoms with Crippen molar-refractivity contribution >= 4 is 23.4 Å². The second-order valence-corrected chi connectivity index (χ2v) is 7.62. The fourth-order valence-corrected chi connectivity index (χ4v) is 3.89. The number of likely N-dealkylation sites (tertiary alicyclic amines) is 1. The summed E-state index contributed by atoms with van der Waals surface area (Å²) in [6.45, 7) is 4.57. The molecule has 0 unspecified atom stereocenters. The molecule has 2 aliphatic rings. The number of methoxy groups -OCH3 is 1. The van der Waals surface area contributed by atoms with Crippen LogP contribution >= 0.6 is 0 Å². The summed E-state index contributed by atoms with van der Waals surface area (Å²) in [5.74, 6) is -0.308. The second kappa shape index (κ2) is 9.19. The highest BCUT2D eigenvalue weighted by molar-refractivity contribution is 6.00. The van der Waals surface area contributed by atoms with Gasteiger partial charge in [0, 0.05) is 51.3 Å². The third-order valence-corrected chi connectivity index (χ3v) is 5.60. The molecule has 152 valence electrons. The molecule has 1 N–H and O–H groups in total. The minimum atomic E-state index is -0.305. The van der Waals surface area contributed by atoms with Crippen LogP contribution < -0.4 is 10.2 Å². The third-order valence-electron chi connectivity index (χ3n) is 5.60. The highest BCUT2D eigenvalue weighted by Crippen LogP contribution is 2.28. The fraction of sp³-hybridized carbons (Fsp3) is 0.571. The van der Waals surface area contributed by atoms with Crippen LogP contribution in [-0.2, 0) is 19.1 Å². The first-order chi connectivity index (χ1) is 13.5. The van der Waals surface area contributed by atoms with E-state index in [1.165, 1.54) is 0 Å². The van der Waals surface area contributed by atoms with Gasteiger partial charge < -0.3 is 19.9 Å². The van der Waals surface area contributed by atoms with Gasteiger partial charge in [-0.1, -0.05) is 17.7 Å². The van der Waals surface area contributed by atoms with E-state index in [0.717, 1.165) is 11.3 Å². The molecule has 1 aromatic rings. The Labute approximate surface area is 166 Å². The molecule has 2 saturated heterocycles. The molecule has 0 aliphatic carbocycles. The number of anilines is 1. The van der Waals surface area contributed by atoms with Crippen LogP contribution in [0.1, 0.15) is 24.8 Å². The first-order valence-corrected chi connectivity index (χ1v) is 9.92. The number of amides is 3. The van der Waals surface area contributed by atoms with Crippen molar-refractivity contribution in [2.24, 2.45) is 11.8 Å². The van der Waals surface area contributed by atoms with Crippen molar-refractivity contribution in [1.82, 2.24) is 10.2 Å². The van der Waals surface area contributed by atoms with Crippen molar-refractivity contribution in [3.8, 4) is 0 Å². The zero-order chi connectivity index (χ0) is 20.1. The summed E-state index contributed by atoms with van der Waals surface area (Å²) in [5, 5.41) is 2.87. The van der Waals surface area contributed by atoms with Gasteiger partial charge in [0.05, 0.1) is 12.5 Å². The lowest BCUT2D eigenvalue weighted by Gasteiger charge is -2.33. The van der Waals surface area contributed by atoms with Gasteiger partial charge in [0.15, 0.2) is 0 Å². The van der Waals surface area contributed by atoms with E-state index in [4.69, 9.17) is 4.74 Å². The van der Waals surface area contributed by atoms with Crippen LogP contribution in [0.5, 0.6) is 0 Å². The van der Waals surface area contributed by atoms with E-state index in [1.54, 1.807) is 12.0 Å². The Morgan fingerprint density at radius 3 is 2.46 bits per heavy atom. The van der Waals surface area contributed by atoms with E-state index in [2.05, 4.69) is 5.32 Å². The van der Waals surface area contributed by atoms with Gasteiger partial charge in [-0.2, -0.15) is 0 Å². The van der Waals surface area contributed by atoms with Crippen LogP contribution in [0.4, 0.5) is 5.69 Å². The molecule has 2 aliphatic heterocycles. The third kappa shape index (κ3) is 4.70. The van der Waals surface area contributed by atoms with Gasteiger partial charge in [0.1, 0.15) is 0 Å². The van der Waals surface area contributed by atoms with Gasteiger partial charge in [0.2, 0.25) is 17.7 Å². The lowest BCUT2D eigenvalue weighted by atomic mass is 9.94. The van der Waals surface area contributed by atoms with Crippen LogP contribution in [-0.4, -0.2) is 62.5 Å². The normalized spacial score (nSPS) is 20.5. The molecule has 0 spiro atoms. The van der Waals surface area contributed by atoms with Gasteiger partial charge in [-0.25, -0.2) is 0 Å². The number of carbonyl (C=O) groups excluding carboxylic acids is 3. The minimum Gasteiger partial charge on any atom is -0.383 e. The molecule has 0 aromatic heterocycles. The molecule has 3 rings (SSSR count). The number of carbonyl (C=O) groups is 3. The SMILES string of the molecule is COCCNC(=O)C1CCN(C(=O)[C@H]2CC(=O)N(c3ccc(C)cc3)C2)CC1. The van der Waals surface area contributed by atoms with Gasteiger partial charge in [-0.05, 0) is 31.9 Å². The first-order valence-electron chi connectivity index (χ1n) is 9.92. The predicted octanol–water partition coefficient (Wildman–Crippen LogP) is 1.35. The molecule has 0 saturated carbocycles. The summed E-state index contributed by atoms with van der Waals surface area (Å²) in [4.78, 5) is 41.0. The first kappa shape index (κ1) is 20.3. The Morgan fingerprint density at radius 2 is 1.82 bits per heavy atom. The number of nitrogens with one attached hydrogen (secondary N) is 1. The van der Waals surface area contributed by atoms with Gasteiger partial charge in [-0.3, -0.25) is 14.4 Å². The van der Waals surface area contributed by atoms with Crippen molar-refractivity contribution in [3.63, 3.8) is 0 Å². The molecule has 1 aromatic carbocycles. The number of benzene rings is 1. The monoisotopic (exact) mass is 387 g/mol. The highest BCUT2D eigenvalue weighted by atomic mass is 16.5. The van der Waals surface area contributed by atoms with E-state index >= 15 is 0 Å². The number of aryl methyl sites for hydroxylation is 1. The maximum atomic E-state index is 12.9. The Kier molecular flexibility index (Phi) is 6.67. The summed E-state index contributed by atoms with van der Waals surface area (Å²) < 4.78 is 4.94. The molecule has 7 nitrogen and oxygen atoms in total. The lowest BCUT2D eigenvalue weighted by Crippen LogP contribution is -2.45. The summed E-state index contributed by atoms with van der Waals surface area (Å²) >= 11 is 0. The maximum absolute atomic E-state index is 12.9. The molecule has 0 bridgehead atoms.